The van der Waals surface area contributed by atoms with Crippen LogP contribution in [0.3, 0.4) is 0 Å². The zero-order chi connectivity index (χ0) is 19.9. The molecular weight excluding hydrogens is 358 g/mol. The average molecular weight is 379 g/mol. The van der Waals surface area contributed by atoms with E-state index in [0.717, 1.165) is 0 Å². The fraction of sp³-hybridized carbons (Fsp3) is 0.190. The summed E-state index contributed by atoms with van der Waals surface area (Å²) < 4.78 is 10.8. The highest BCUT2D eigenvalue weighted by Crippen LogP contribution is 2.22. The number of amides is 2. The molecule has 7 heteroatoms. The van der Waals surface area contributed by atoms with Crippen molar-refractivity contribution in [1.29, 1.82) is 0 Å². The summed E-state index contributed by atoms with van der Waals surface area (Å²) in [5.74, 6) is 0.630. The maximum atomic E-state index is 12.6. The molecule has 1 atom stereocenters. The Morgan fingerprint density at radius 3 is 2.29 bits per heavy atom. The lowest BCUT2D eigenvalue weighted by molar-refractivity contribution is -0.118. The molecule has 0 bridgehead atoms. The third kappa shape index (κ3) is 4.97. The highest BCUT2D eigenvalue weighted by Gasteiger charge is 2.25. The molecule has 0 saturated carbocycles. The first-order chi connectivity index (χ1) is 13.5. The van der Waals surface area contributed by atoms with Gasteiger partial charge in [-0.15, -0.1) is 0 Å². The van der Waals surface area contributed by atoms with Crippen molar-refractivity contribution < 1.29 is 18.7 Å². The minimum atomic E-state index is -0.703. The van der Waals surface area contributed by atoms with Crippen molar-refractivity contribution in [3.05, 3.63) is 72.9 Å². The van der Waals surface area contributed by atoms with Crippen molar-refractivity contribution in [2.45, 2.75) is 19.9 Å². The summed E-state index contributed by atoms with van der Waals surface area (Å²) in [7, 11) is 0. The zero-order valence-electron chi connectivity index (χ0n) is 15.6. The van der Waals surface area contributed by atoms with Crippen LogP contribution < -0.4 is 15.4 Å². The van der Waals surface area contributed by atoms with E-state index in [4.69, 9.17) is 9.15 Å². The number of nitrogens with one attached hydrogen (secondary N) is 2. The lowest BCUT2D eigenvalue weighted by atomic mass is 10.0. The quantitative estimate of drug-likeness (QED) is 0.650. The Morgan fingerprint density at radius 2 is 1.68 bits per heavy atom. The van der Waals surface area contributed by atoms with Gasteiger partial charge in [0.1, 0.15) is 17.5 Å². The molecule has 0 aliphatic heterocycles. The fourth-order valence-electron chi connectivity index (χ4n) is 2.52. The summed E-state index contributed by atoms with van der Waals surface area (Å²) >= 11 is 0. The summed E-state index contributed by atoms with van der Waals surface area (Å²) in [4.78, 5) is 28.8. The van der Waals surface area contributed by atoms with Gasteiger partial charge in [-0.3, -0.25) is 14.6 Å². The molecule has 0 fully saturated rings. The second kappa shape index (κ2) is 8.85. The maximum absolute atomic E-state index is 12.6. The first kappa shape index (κ1) is 19.2. The van der Waals surface area contributed by atoms with Crippen molar-refractivity contribution in [1.82, 2.24) is 10.3 Å². The molecule has 28 heavy (non-hydrogen) atoms. The Morgan fingerprint density at radius 1 is 1.00 bits per heavy atom. The van der Waals surface area contributed by atoms with Crippen LogP contribution >= 0.6 is 0 Å². The minimum Gasteiger partial charge on any atom is -0.459 e. The molecule has 0 saturated heterocycles. The number of nitrogens with zero attached hydrogens (tertiary/aromatic N) is 1. The molecule has 0 spiro atoms. The Kier molecular flexibility index (Phi) is 6.06. The molecule has 144 valence electrons. The predicted molar refractivity (Wildman–Crippen MR) is 104 cm³/mol. The van der Waals surface area contributed by atoms with Gasteiger partial charge in [0.2, 0.25) is 5.91 Å². The molecule has 2 amide bonds. The molecule has 0 aliphatic carbocycles. The Hall–Kier alpha value is -3.61. The third-order valence-corrected chi connectivity index (χ3v) is 3.99. The number of pyridine rings is 1. The van der Waals surface area contributed by atoms with Gasteiger partial charge in [-0.1, -0.05) is 13.8 Å². The van der Waals surface area contributed by atoms with E-state index >= 15 is 0 Å². The molecule has 2 aromatic heterocycles. The van der Waals surface area contributed by atoms with Crippen molar-refractivity contribution in [2.75, 3.05) is 5.32 Å². The van der Waals surface area contributed by atoms with E-state index in [1.54, 1.807) is 60.9 Å². The van der Waals surface area contributed by atoms with Crippen LogP contribution in [0.2, 0.25) is 0 Å². The molecule has 0 unspecified atom stereocenters. The van der Waals surface area contributed by atoms with Crippen molar-refractivity contribution >= 4 is 17.5 Å². The van der Waals surface area contributed by atoms with Crippen LogP contribution in [0.4, 0.5) is 5.69 Å². The smallest absolute Gasteiger partial charge is 0.287 e. The number of ether oxygens (including phenoxy) is 1. The highest BCUT2D eigenvalue weighted by molar-refractivity contribution is 6.00. The van der Waals surface area contributed by atoms with E-state index < -0.39 is 11.9 Å². The van der Waals surface area contributed by atoms with E-state index in [-0.39, 0.29) is 17.6 Å². The molecule has 3 rings (SSSR count). The number of hydrogen-bond acceptors (Lipinski definition) is 5. The normalized spacial score (nSPS) is 11.7. The van der Waals surface area contributed by atoms with Crippen molar-refractivity contribution in [3.63, 3.8) is 0 Å². The van der Waals surface area contributed by atoms with Gasteiger partial charge in [0.25, 0.3) is 5.91 Å². The summed E-state index contributed by atoms with van der Waals surface area (Å²) in [6.45, 7) is 3.72. The molecule has 2 heterocycles. The SMILES string of the molecule is CC(C)[C@H](NC(=O)c1ccco1)C(=O)Nc1ccc(Oc2ccncc2)cc1. The topological polar surface area (TPSA) is 93.5 Å². The molecule has 7 nitrogen and oxygen atoms in total. The van der Waals surface area contributed by atoms with Crippen LogP contribution in [0.5, 0.6) is 11.5 Å². The minimum absolute atomic E-state index is 0.104. The van der Waals surface area contributed by atoms with Crippen LogP contribution in [0.25, 0.3) is 0 Å². The number of hydrogen-bond donors (Lipinski definition) is 2. The third-order valence-electron chi connectivity index (χ3n) is 3.99. The maximum Gasteiger partial charge on any atom is 0.287 e. The van der Waals surface area contributed by atoms with Crippen molar-refractivity contribution in [3.8, 4) is 11.5 Å². The van der Waals surface area contributed by atoms with E-state index in [2.05, 4.69) is 15.6 Å². The number of carbonyl (C=O) groups is 2. The molecule has 0 aliphatic rings. The van der Waals surface area contributed by atoms with Crippen LogP contribution in [0.1, 0.15) is 24.4 Å². The van der Waals surface area contributed by atoms with Gasteiger partial charge >= 0.3 is 0 Å². The van der Waals surface area contributed by atoms with Crippen molar-refractivity contribution in [2.24, 2.45) is 5.92 Å². The monoisotopic (exact) mass is 379 g/mol. The van der Waals surface area contributed by atoms with Gasteiger partial charge in [-0.2, -0.15) is 0 Å². The summed E-state index contributed by atoms with van der Waals surface area (Å²) in [6.07, 6.45) is 4.70. The summed E-state index contributed by atoms with van der Waals surface area (Å²) in [5, 5.41) is 5.52. The average Bonchev–Trinajstić information content (AvgIpc) is 3.23. The van der Waals surface area contributed by atoms with Crippen LogP contribution in [0.15, 0.2) is 71.6 Å². The van der Waals surface area contributed by atoms with Crippen LogP contribution in [-0.2, 0) is 4.79 Å². The second-order valence-electron chi connectivity index (χ2n) is 6.47. The lowest BCUT2D eigenvalue weighted by Crippen LogP contribution is -2.47. The Labute approximate surface area is 162 Å². The van der Waals surface area contributed by atoms with E-state index in [1.165, 1.54) is 6.26 Å². The molecule has 2 N–H and O–H groups in total. The Balaban J connectivity index is 1.62. The van der Waals surface area contributed by atoms with Gasteiger partial charge in [0.15, 0.2) is 5.76 Å². The lowest BCUT2D eigenvalue weighted by Gasteiger charge is -2.21. The second-order valence-corrected chi connectivity index (χ2v) is 6.47. The first-order valence-electron chi connectivity index (χ1n) is 8.86. The molecule has 0 radical (unpaired) electrons. The van der Waals surface area contributed by atoms with Gasteiger partial charge in [-0.05, 0) is 54.4 Å². The summed E-state index contributed by atoms with van der Waals surface area (Å²) in [5.41, 5.74) is 0.602. The molecule has 3 aromatic rings. The first-order valence-corrected chi connectivity index (χ1v) is 8.86. The van der Waals surface area contributed by atoms with Gasteiger partial charge in [-0.25, -0.2) is 0 Å². The van der Waals surface area contributed by atoms with Crippen LogP contribution in [0, 0.1) is 5.92 Å². The van der Waals surface area contributed by atoms with E-state index in [9.17, 15) is 9.59 Å². The predicted octanol–water partition coefficient (Wildman–Crippen LogP) is 3.86. The van der Waals surface area contributed by atoms with Gasteiger partial charge in [0.05, 0.1) is 6.26 Å². The number of carbonyl (C=O) groups excluding carboxylic acids is 2. The van der Waals surface area contributed by atoms with Gasteiger partial charge in [0, 0.05) is 18.1 Å². The summed E-state index contributed by atoms with van der Waals surface area (Å²) in [6, 6.07) is 12.9. The highest BCUT2D eigenvalue weighted by atomic mass is 16.5. The fourth-order valence-corrected chi connectivity index (χ4v) is 2.52. The number of furan rings is 1. The Bertz CT molecular complexity index is 907. The van der Waals surface area contributed by atoms with Crippen LogP contribution in [-0.4, -0.2) is 22.8 Å². The molecular formula is C21H21N3O4. The van der Waals surface area contributed by atoms with Gasteiger partial charge < -0.3 is 19.8 Å². The van der Waals surface area contributed by atoms with E-state index in [0.29, 0.717) is 17.2 Å². The number of benzene rings is 1. The number of rotatable bonds is 7. The largest absolute Gasteiger partial charge is 0.459 e. The number of anilines is 1. The zero-order valence-corrected chi connectivity index (χ0v) is 15.6. The van der Waals surface area contributed by atoms with E-state index in [1.807, 2.05) is 13.8 Å². The number of aromatic nitrogens is 1. The standard InChI is InChI=1S/C21H21N3O4/c1-14(2)19(24-20(25)18-4-3-13-27-18)21(26)23-15-5-7-16(8-6-15)28-17-9-11-22-12-10-17/h3-14,19H,1-2H3,(H,23,26)(H,24,25)/t19-/m0/s1. The molecule has 1 aromatic carbocycles.